The molecule has 82 valence electrons. The van der Waals surface area contributed by atoms with Gasteiger partial charge in [-0.3, -0.25) is 4.79 Å². The van der Waals surface area contributed by atoms with Gasteiger partial charge in [-0.15, -0.1) is 0 Å². The molecule has 0 radical (unpaired) electrons. The minimum Gasteiger partial charge on any atom is -0.356 e. The number of carbonyl (C=O) groups is 1. The van der Waals surface area contributed by atoms with Gasteiger partial charge in [0.05, 0.1) is 0 Å². The standard InChI is InChI=1S/C11H20O3/c1-13-11(14-2)8-7-9-5-3-4-6-10(9)12/h9,11H,3-8H2,1-2H3. The van der Waals surface area contributed by atoms with Crippen LogP contribution in [-0.2, 0) is 14.3 Å². The molecule has 0 amide bonds. The zero-order chi connectivity index (χ0) is 10.4. The number of ketones is 1. The molecule has 1 rings (SSSR count). The molecule has 0 aromatic carbocycles. The van der Waals surface area contributed by atoms with E-state index >= 15 is 0 Å². The highest BCUT2D eigenvalue weighted by Crippen LogP contribution is 2.25. The van der Waals surface area contributed by atoms with Crippen LogP contribution >= 0.6 is 0 Å². The Bertz CT molecular complexity index is 175. The van der Waals surface area contributed by atoms with Gasteiger partial charge in [0.1, 0.15) is 5.78 Å². The predicted molar refractivity (Wildman–Crippen MR) is 54.0 cm³/mol. The van der Waals surface area contributed by atoms with Crippen LogP contribution in [0.15, 0.2) is 0 Å². The fraction of sp³-hybridized carbons (Fsp3) is 0.909. The van der Waals surface area contributed by atoms with Crippen LogP contribution in [0.3, 0.4) is 0 Å². The van der Waals surface area contributed by atoms with E-state index in [-0.39, 0.29) is 12.2 Å². The van der Waals surface area contributed by atoms with Crippen LogP contribution in [0.4, 0.5) is 0 Å². The summed E-state index contributed by atoms with van der Waals surface area (Å²) >= 11 is 0. The molecule has 0 N–H and O–H groups in total. The molecule has 0 heterocycles. The molecule has 1 unspecified atom stereocenters. The van der Waals surface area contributed by atoms with Gasteiger partial charge in [-0.2, -0.15) is 0 Å². The molecular formula is C11H20O3. The van der Waals surface area contributed by atoms with Crippen LogP contribution in [0.5, 0.6) is 0 Å². The van der Waals surface area contributed by atoms with Crippen molar-refractivity contribution in [2.75, 3.05) is 14.2 Å². The molecule has 3 heteroatoms. The molecule has 1 atom stereocenters. The zero-order valence-corrected chi connectivity index (χ0v) is 9.12. The van der Waals surface area contributed by atoms with Gasteiger partial charge in [-0.05, 0) is 25.7 Å². The highest BCUT2D eigenvalue weighted by atomic mass is 16.7. The lowest BCUT2D eigenvalue weighted by molar-refractivity contribution is -0.128. The number of hydrogen-bond acceptors (Lipinski definition) is 3. The van der Waals surface area contributed by atoms with E-state index in [1.807, 2.05) is 0 Å². The molecule has 0 saturated heterocycles. The monoisotopic (exact) mass is 200 g/mol. The average Bonchev–Trinajstić information content (AvgIpc) is 2.22. The summed E-state index contributed by atoms with van der Waals surface area (Å²) in [4.78, 5) is 11.5. The Hall–Kier alpha value is -0.410. The molecule has 0 aliphatic heterocycles. The second-order valence-corrected chi connectivity index (χ2v) is 3.89. The van der Waals surface area contributed by atoms with Crippen molar-refractivity contribution in [1.29, 1.82) is 0 Å². The molecule has 14 heavy (non-hydrogen) atoms. The summed E-state index contributed by atoms with van der Waals surface area (Å²) < 4.78 is 10.2. The van der Waals surface area contributed by atoms with Gasteiger partial charge in [0, 0.05) is 26.6 Å². The quantitative estimate of drug-likeness (QED) is 0.638. The Morgan fingerprint density at radius 1 is 1.36 bits per heavy atom. The van der Waals surface area contributed by atoms with E-state index in [0.29, 0.717) is 5.78 Å². The first kappa shape index (κ1) is 11.7. The summed E-state index contributed by atoms with van der Waals surface area (Å²) in [5, 5.41) is 0. The fourth-order valence-electron chi connectivity index (χ4n) is 2.03. The number of rotatable bonds is 5. The topological polar surface area (TPSA) is 35.5 Å². The summed E-state index contributed by atoms with van der Waals surface area (Å²) in [5.41, 5.74) is 0. The van der Waals surface area contributed by atoms with Crippen LogP contribution in [0.1, 0.15) is 38.5 Å². The lowest BCUT2D eigenvalue weighted by Gasteiger charge is -2.22. The van der Waals surface area contributed by atoms with E-state index in [4.69, 9.17) is 9.47 Å². The highest BCUT2D eigenvalue weighted by Gasteiger charge is 2.22. The van der Waals surface area contributed by atoms with Crippen LogP contribution < -0.4 is 0 Å². The van der Waals surface area contributed by atoms with Crippen molar-refractivity contribution in [2.24, 2.45) is 5.92 Å². The van der Waals surface area contributed by atoms with Crippen molar-refractivity contribution in [3.63, 3.8) is 0 Å². The van der Waals surface area contributed by atoms with Gasteiger partial charge < -0.3 is 9.47 Å². The molecule has 1 aliphatic carbocycles. The largest absolute Gasteiger partial charge is 0.356 e. The SMILES string of the molecule is COC(CCC1CCCCC1=O)OC. The number of methoxy groups -OCH3 is 2. The molecule has 0 bridgehead atoms. The maximum Gasteiger partial charge on any atom is 0.156 e. The third-order valence-electron chi connectivity index (χ3n) is 2.96. The van der Waals surface area contributed by atoms with Crippen molar-refractivity contribution < 1.29 is 14.3 Å². The van der Waals surface area contributed by atoms with Gasteiger partial charge >= 0.3 is 0 Å². The van der Waals surface area contributed by atoms with E-state index in [1.165, 1.54) is 6.42 Å². The van der Waals surface area contributed by atoms with E-state index in [9.17, 15) is 4.79 Å². The third-order valence-corrected chi connectivity index (χ3v) is 2.96. The Morgan fingerprint density at radius 2 is 2.07 bits per heavy atom. The predicted octanol–water partition coefficient (Wildman–Crippen LogP) is 2.14. The summed E-state index contributed by atoms with van der Waals surface area (Å²) in [7, 11) is 3.27. The normalized spacial score (nSPS) is 23.1. The van der Waals surface area contributed by atoms with Crippen molar-refractivity contribution >= 4 is 5.78 Å². The van der Waals surface area contributed by atoms with E-state index in [1.54, 1.807) is 14.2 Å². The number of hydrogen-bond donors (Lipinski definition) is 0. The van der Waals surface area contributed by atoms with Gasteiger partial charge in [0.25, 0.3) is 0 Å². The second-order valence-electron chi connectivity index (χ2n) is 3.89. The van der Waals surface area contributed by atoms with Gasteiger partial charge in [-0.25, -0.2) is 0 Å². The Kier molecular flexibility index (Phi) is 5.12. The minimum atomic E-state index is -0.148. The smallest absolute Gasteiger partial charge is 0.156 e. The molecule has 1 aliphatic rings. The lowest BCUT2D eigenvalue weighted by Crippen LogP contribution is -2.22. The van der Waals surface area contributed by atoms with Crippen molar-refractivity contribution in [3.05, 3.63) is 0 Å². The van der Waals surface area contributed by atoms with Crippen molar-refractivity contribution in [3.8, 4) is 0 Å². The second kappa shape index (κ2) is 6.14. The van der Waals surface area contributed by atoms with Crippen LogP contribution in [0, 0.1) is 5.92 Å². The number of Topliss-reactive ketones (excluding diaryl/α,β-unsaturated/α-hetero) is 1. The molecule has 0 aromatic rings. The first-order valence-corrected chi connectivity index (χ1v) is 5.36. The van der Waals surface area contributed by atoms with Crippen LogP contribution in [0.25, 0.3) is 0 Å². The van der Waals surface area contributed by atoms with Crippen molar-refractivity contribution in [2.45, 2.75) is 44.8 Å². The maximum atomic E-state index is 11.5. The van der Waals surface area contributed by atoms with Crippen LogP contribution in [-0.4, -0.2) is 26.3 Å². The van der Waals surface area contributed by atoms with Crippen LogP contribution in [0.2, 0.25) is 0 Å². The number of carbonyl (C=O) groups excluding carboxylic acids is 1. The summed E-state index contributed by atoms with van der Waals surface area (Å²) in [6.45, 7) is 0. The van der Waals surface area contributed by atoms with Gasteiger partial charge in [0.15, 0.2) is 6.29 Å². The third kappa shape index (κ3) is 3.39. The molecule has 1 fully saturated rings. The van der Waals surface area contributed by atoms with Crippen molar-refractivity contribution in [1.82, 2.24) is 0 Å². The molecular weight excluding hydrogens is 180 g/mol. The maximum absolute atomic E-state index is 11.5. The van der Waals surface area contributed by atoms with Gasteiger partial charge in [0.2, 0.25) is 0 Å². The highest BCUT2D eigenvalue weighted by molar-refractivity contribution is 5.81. The fourth-order valence-corrected chi connectivity index (χ4v) is 2.03. The Balaban J connectivity index is 2.25. The average molecular weight is 200 g/mol. The van der Waals surface area contributed by atoms with E-state index < -0.39 is 0 Å². The summed E-state index contributed by atoms with van der Waals surface area (Å²) in [5.74, 6) is 0.693. The lowest BCUT2D eigenvalue weighted by atomic mass is 9.85. The summed E-state index contributed by atoms with van der Waals surface area (Å²) in [6.07, 6.45) is 5.68. The first-order valence-electron chi connectivity index (χ1n) is 5.36. The first-order chi connectivity index (χ1) is 6.77. The Labute approximate surface area is 85.8 Å². The number of ether oxygens (including phenoxy) is 2. The van der Waals surface area contributed by atoms with E-state index in [0.717, 1.165) is 32.1 Å². The minimum absolute atomic E-state index is 0.148. The molecule has 0 aromatic heterocycles. The van der Waals surface area contributed by atoms with Gasteiger partial charge in [-0.1, -0.05) is 6.42 Å². The summed E-state index contributed by atoms with van der Waals surface area (Å²) in [6, 6.07) is 0. The molecule has 1 saturated carbocycles. The molecule has 0 spiro atoms. The molecule has 3 nitrogen and oxygen atoms in total. The Morgan fingerprint density at radius 3 is 2.64 bits per heavy atom. The van der Waals surface area contributed by atoms with E-state index in [2.05, 4.69) is 0 Å². The zero-order valence-electron chi connectivity index (χ0n) is 9.12.